The molecule has 0 aliphatic carbocycles. The van der Waals surface area contributed by atoms with Crippen LogP contribution in [0.4, 0.5) is 4.39 Å². The lowest BCUT2D eigenvalue weighted by molar-refractivity contribution is 0.0659. The molecule has 2 unspecified atom stereocenters. The van der Waals surface area contributed by atoms with Gasteiger partial charge < -0.3 is 10.1 Å². The van der Waals surface area contributed by atoms with Crippen LogP contribution in [0.25, 0.3) is 0 Å². The highest BCUT2D eigenvalue weighted by atomic mass is 35.5. The largest absolute Gasteiger partial charge is 0.372 e. The first-order valence-corrected chi connectivity index (χ1v) is 7.24. The maximum atomic E-state index is 13.6. The van der Waals surface area contributed by atoms with Crippen molar-refractivity contribution in [3.05, 3.63) is 33.6 Å². The second-order valence-electron chi connectivity index (χ2n) is 5.19. The molecular formula is C14H18Cl2FNO. The summed E-state index contributed by atoms with van der Waals surface area (Å²) in [6.45, 7) is 5.62. The van der Waals surface area contributed by atoms with Crippen molar-refractivity contribution in [3.8, 4) is 0 Å². The minimum Gasteiger partial charge on any atom is -0.372 e. The summed E-state index contributed by atoms with van der Waals surface area (Å²) >= 11 is 11.8. The van der Waals surface area contributed by atoms with Gasteiger partial charge in [-0.15, -0.1) is 0 Å². The van der Waals surface area contributed by atoms with Crippen molar-refractivity contribution in [2.24, 2.45) is 5.92 Å². The van der Waals surface area contributed by atoms with Crippen LogP contribution in [-0.2, 0) is 4.74 Å². The van der Waals surface area contributed by atoms with E-state index in [-0.39, 0.29) is 11.1 Å². The summed E-state index contributed by atoms with van der Waals surface area (Å²) in [6, 6.07) is 3.22. The number of hydrogen-bond donors (Lipinski definition) is 1. The molecule has 1 heterocycles. The van der Waals surface area contributed by atoms with Gasteiger partial charge in [-0.2, -0.15) is 0 Å². The molecule has 5 heteroatoms. The maximum Gasteiger partial charge on any atom is 0.142 e. The third kappa shape index (κ3) is 3.60. The molecule has 19 heavy (non-hydrogen) atoms. The molecule has 1 aliphatic rings. The van der Waals surface area contributed by atoms with Crippen LogP contribution in [0.3, 0.4) is 0 Å². The van der Waals surface area contributed by atoms with Gasteiger partial charge in [0.25, 0.3) is 0 Å². The van der Waals surface area contributed by atoms with E-state index < -0.39 is 5.82 Å². The molecule has 1 aromatic rings. The van der Waals surface area contributed by atoms with Gasteiger partial charge >= 0.3 is 0 Å². The third-order valence-electron chi connectivity index (χ3n) is 3.50. The van der Waals surface area contributed by atoms with Gasteiger partial charge in [-0.05, 0) is 24.5 Å². The predicted molar refractivity (Wildman–Crippen MR) is 76.4 cm³/mol. The van der Waals surface area contributed by atoms with Gasteiger partial charge in [-0.3, -0.25) is 0 Å². The zero-order valence-corrected chi connectivity index (χ0v) is 12.6. The Labute approximate surface area is 123 Å². The molecule has 2 nitrogen and oxygen atoms in total. The van der Waals surface area contributed by atoms with Gasteiger partial charge in [0, 0.05) is 29.8 Å². The topological polar surface area (TPSA) is 21.3 Å². The first-order valence-electron chi connectivity index (χ1n) is 6.48. The number of nitrogens with one attached hydrogen (secondary N) is 1. The number of hydrogen-bond acceptors (Lipinski definition) is 2. The second kappa shape index (κ2) is 6.40. The summed E-state index contributed by atoms with van der Waals surface area (Å²) in [4.78, 5) is 0. The Kier molecular flexibility index (Phi) is 5.07. The molecule has 2 rings (SSSR count). The maximum absolute atomic E-state index is 13.6. The van der Waals surface area contributed by atoms with Gasteiger partial charge in [-0.25, -0.2) is 4.39 Å². The van der Waals surface area contributed by atoms with Gasteiger partial charge in [0.15, 0.2) is 0 Å². The molecular weight excluding hydrogens is 288 g/mol. The summed E-state index contributed by atoms with van der Waals surface area (Å²) in [5.41, 5.74) is 0.653. The van der Waals surface area contributed by atoms with E-state index in [1.165, 1.54) is 12.1 Å². The first kappa shape index (κ1) is 15.0. The lowest BCUT2D eigenvalue weighted by Crippen LogP contribution is -2.34. The van der Waals surface area contributed by atoms with E-state index in [9.17, 15) is 4.39 Å². The summed E-state index contributed by atoms with van der Waals surface area (Å²) in [7, 11) is 0. The molecule has 2 atom stereocenters. The minimum atomic E-state index is -0.464. The monoisotopic (exact) mass is 305 g/mol. The highest BCUT2D eigenvalue weighted by molar-refractivity contribution is 6.35. The molecule has 1 saturated heterocycles. The second-order valence-corrected chi connectivity index (χ2v) is 6.01. The van der Waals surface area contributed by atoms with E-state index in [4.69, 9.17) is 27.9 Å². The highest BCUT2D eigenvalue weighted by Gasteiger charge is 2.24. The van der Waals surface area contributed by atoms with Crippen LogP contribution >= 0.6 is 23.2 Å². The summed E-state index contributed by atoms with van der Waals surface area (Å²) in [5, 5.41) is 3.93. The third-order valence-corrected chi connectivity index (χ3v) is 4.12. The van der Waals surface area contributed by atoms with Crippen molar-refractivity contribution in [2.75, 3.05) is 13.2 Å². The van der Waals surface area contributed by atoms with E-state index in [1.54, 1.807) is 0 Å². The van der Waals surface area contributed by atoms with Gasteiger partial charge in [0.2, 0.25) is 0 Å². The molecule has 0 spiro atoms. The molecule has 0 saturated carbocycles. The molecule has 1 aromatic carbocycles. The SMILES string of the molecule is CC(C)C1CCOC(c2cc(F)c(Cl)cc2Cl)CN1. The van der Waals surface area contributed by atoms with Crippen molar-refractivity contribution >= 4 is 23.2 Å². The van der Waals surface area contributed by atoms with Crippen LogP contribution < -0.4 is 5.32 Å². The fraction of sp³-hybridized carbons (Fsp3) is 0.571. The van der Waals surface area contributed by atoms with Gasteiger partial charge in [0.05, 0.1) is 11.1 Å². The average molecular weight is 306 g/mol. The molecule has 0 radical (unpaired) electrons. The smallest absolute Gasteiger partial charge is 0.142 e. The van der Waals surface area contributed by atoms with Crippen LogP contribution in [0.15, 0.2) is 12.1 Å². The van der Waals surface area contributed by atoms with Crippen LogP contribution in [0.1, 0.15) is 31.9 Å². The average Bonchev–Trinajstić information content (AvgIpc) is 2.59. The van der Waals surface area contributed by atoms with Gasteiger partial charge in [0.1, 0.15) is 5.82 Å². The van der Waals surface area contributed by atoms with Crippen molar-refractivity contribution in [2.45, 2.75) is 32.4 Å². The first-order chi connectivity index (χ1) is 8.99. The molecule has 1 aliphatic heterocycles. The number of benzene rings is 1. The highest BCUT2D eigenvalue weighted by Crippen LogP contribution is 2.31. The van der Waals surface area contributed by atoms with Crippen molar-refractivity contribution < 1.29 is 9.13 Å². The predicted octanol–water partition coefficient (Wildman–Crippen LogP) is 4.21. The van der Waals surface area contributed by atoms with Crippen molar-refractivity contribution in [1.82, 2.24) is 5.32 Å². The Morgan fingerprint density at radius 1 is 1.32 bits per heavy atom. The fourth-order valence-electron chi connectivity index (χ4n) is 2.31. The molecule has 1 fully saturated rings. The number of rotatable bonds is 2. The number of ether oxygens (including phenoxy) is 1. The Balaban J connectivity index is 2.16. The Morgan fingerprint density at radius 3 is 2.74 bits per heavy atom. The molecule has 0 aromatic heterocycles. The van der Waals surface area contributed by atoms with Gasteiger partial charge in [-0.1, -0.05) is 37.0 Å². The van der Waals surface area contributed by atoms with E-state index in [2.05, 4.69) is 19.2 Å². The molecule has 0 amide bonds. The van der Waals surface area contributed by atoms with E-state index in [0.717, 1.165) is 6.42 Å². The summed E-state index contributed by atoms with van der Waals surface area (Å²) < 4.78 is 19.3. The molecule has 1 N–H and O–H groups in total. The Hall–Kier alpha value is -0.350. The normalized spacial score (nSPS) is 24.5. The quantitative estimate of drug-likeness (QED) is 0.827. The number of halogens is 3. The summed E-state index contributed by atoms with van der Waals surface area (Å²) in [6.07, 6.45) is 0.713. The lowest BCUT2D eigenvalue weighted by atomic mass is 10.0. The Morgan fingerprint density at radius 2 is 2.05 bits per heavy atom. The van der Waals surface area contributed by atoms with E-state index >= 15 is 0 Å². The van der Waals surface area contributed by atoms with E-state index in [1.807, 2.05) is 0 Å². The van der Waals surface area contributed by atoms with E-state index in [0.29, 0.717) is 35.7 Å². The standard InChI is InChI=1S/C14H18Cl2FNO/c1-8(2)13-3-4-19-14(7-18-13)9-5-12(17)11(16)6-10(9)15/h5-6,8,13-14,18H,3-4,7H2,1-2H3. The zero-order valence-electron chi connectivity index (χ0n) is 11.1. The Bertz CT molecular complexity index is 453. The van der Waals surface area contributed by atoms with Crippen LogP contribution in [0, 0.1) is 11.7 Å². The van der Waals surface area contributed by atoms with Crippen molar-refractivity contribution in [3.63, 3.8) is 0 Å². The lowest BCUT2D eigenvalue weighted by Gasteiger charge is -2.20. The zero-order chi connectivity index (χ0) is 14.0. The summed E-state index contributed by atoms with van der Waals surface area (Å²) in [5.74, 6) is 0.0779. The fourth-order valence-corrected chi connectivity index (χ4v) is 2.81. The van der Waals surface area contributed by atoms with Crippen LogP contribution in [-0.4, -0.2) is 19.2 Å². The van der Waals surface area contributed by atoms with Crippen LogP contribution in [0.5, 0.6) is 0 Å². The molecule has 106 valence electrons. The van der Waals surface area contributed by atoms with Crippen LogP contribution in [0.2, 0.25) is 10.0 Å². The minimum absolute atomic E-state index is 0.0374. The van der Waals surface area contributed by atoms with Crippen molar-refractivity contribution in [1.29, 1.82) is 0 Å². The molecule has 0 bridgehead atoms.